The summed E-state index contributed by atoms with van der Waals surface area (Å²) in [5, 5.41) is 0. The van der Waals surface area contributed by atoms with E-state index in [9.17, 15) is 13.2 Å². The summed E-state index contributed by atoms with van der Waals surface area (Å²) in [5.74, 6) is -0.639. The van der Waals surface area contributed by atoms with Gasteiger partial charge in [-0.25, -0.2) is 8.42 Å². The molecule has 2 rings (SSSR count). The smallest absolute Gasteiger partial charge is 0.459 e. The Bertz CT molecular complexity index is 780. The minimum atomic E-state index is -3.83. The fourth-order valence-corrected chi connectivity index (χ4v) is 3.37. The molecule has 1 saturated heterocycles. The van der Waals surface area contributed by atoms with Crippen LogP contribution < -0.4 is 10.2 Å². The summed E-state index contributed by atoms with van der Waals surface area (Å²) in [5.41, 5.74) is -0.901. The van der Waals surface area contributed by atoms with Gasteiger partial charge in [0, 0.05) is 0 Å². The Kier molecular flexibility index (Phi) is 5.83. The highest BCUT2D eigenvalue weighted by Crippen LogP contribution is 2.36. The molecule has 0 atom stereocenters. The van der Waals surface area contributed by atoms with Gasteiger partial charge in [-0.2, -0.15) is 4.72 Å². The zero-order chi connectivity index (χ0) is 20.7. The third kappa shape index (κ3) is 5.31. The molecule has 0 radical (unpaired) electrons. The Labute approximate surface area is 162 Å². The molecule has 0 aromatic heterocycles. The van der Waals surface area contributed by atoms with Crippen molar-refractivity contribution in [2.75, 3.05) is 6.54 Å². The van der Waals surface area contributed by atoms with Crippen LogP contribution in [0.4, 0.5) is 0 Å². The number of hydrogen-bond donors (Lipinski definition) is 1. The molecule has 1 aromatic rings. The molecule has 9 heteroatoms. The van der Waals surface area contributed by atoms with Crippen LogP contribution >= 0.6 is 0 Å². The normalized spacial score (nSPS) is 19.1. The summed E-state index contributed by atoms with van der Waals surface area (Å²) < 4.78 is 44.0. The quantitative estimate of drug-likeness (QED) is 0.600. The van der Waals surface area contributed by atoms with E-state index in [1.165, 1.54) is 12.1 Å². The van der Waals surface area contributed by atoms with E-state index in [-0.39, 0.29) is 4.90 Å². The van der Waals surface area contributed by atoms with E-state index in [4.69, 9.17) is 14.0 Å². The second-order valence-electron chi connectivity index (χ2n) is 8.57. The fraction of sp³-hybridized carbons (Fsp3) is 0.611. The van der Waals surface area contributed by atoms with Gasteiger partial charge >= 0.3 is 13.1 Å². The molecular formula is C18H28BNO6S. The fourth-order valence-electron chi connectivity index (χ4n) is 2.40. The maximum absolute atomic E-state index is 12.4. The van der Waals surface area contributed by atoms with Crippen molar-refractivity contribution in [2.24, 2.45) is 0 Å². The Morgan fingerprint density at radius 2 is 1.56 bits per heavy atom. The molecule has 1 fully saturated rings. The van der Waals surface area contributed by atoms with Gasteiger partial charge in [-0.15, -0.1) is 0 Å². The molecule has 27 heavy (non-hydrogen) atoms. The second-order valence-corrected chi connectivity index (χ2v) is 10.3. The average molecular weight is 397 g/mol. The largest absolute Gasteiger partial charge is 0.494 e. The number of carbonyl (C=O) groups is 1. The Hall–Kier alpha value is -1.42. The zero-order valence-electron chi connectivity index (χ0n) is 17.0. The van der Waals surface area contributed by atoms with Crippen LogP contribution in [0.15, 0.2) is 29.2 Å². The molecule has 0 aliphatic carbocycles. The first kappa shape index (κ1) is 21.9. The predicted octanol–water partition coefficient (Wildman–Crippen LogP) is 1.61. The van der Waals surface area contributed by atoms with Gasteiger partial charge in [-0.05, 0) is 66.1 Å². The number of hydrogen-bond acceptors (Lipinski definition) is 6. The van der Waals surface area contributed by atoms with Gasteiger partial charge in [0.05, 0.1) is 16.1 Å². The van der Waals surface area contributed by atoms with E-state index in [0.717, 1.165) is 5.46 Å². The maximum atomic E-state index is 12.4. The molecule has 1 aliphatic heterocycles. The van der Waals surface area contributed by atoms with Crippen LogP contribution in [0.25, 0.3) is 0 Å². The van der Waals surface area contributed by atoms with Crippen molar-refractivity contribution in [1.29, 1.82) is 0 Å². The first-order valence-corrected chi connectivity index (χ1v) is 10.3. The summed E-state index contributed by atoms with van der Waals surface area (Å²) in [6, 6.07) is 6.20. The van der Waals surface area contributed by atoms with Crippen LogP contribution in [0, 0.1) is 0 Å². The van der Waals surface area contributed by atoms with Gasteiger partial charge in [0.25, 0.3) is 0 Å². The third-order valence-electron chi connectivity index (χ3n) is 4.54. The monoisotopic (exact) mass is 397 g/mol. The highest BCUT2D eigenvalue weighted by molar-refractivity contribution is 7.89. The Morgan fingerprint density at radius 1 is 1.07 bits per heavy atom. The van der Waals surface area contributed by atoms with Crippen molar-refractivity contribution in [3.63, 3.8) is 0 Å². The van der Waals surface area contributed by atoms with Gasteiger partial charge in [0.2, 0.25) is 10.0 Å². The van der Waals surface area contributed by atoms with Crippen LogP contribution in [-0.2, 0) is 28.9 Å². The number of nitrogens with one attached hydrogen (secondary N) is 1. The molecule has 0 unspecified atom stereocenters. The molecule has 0 saturated carbocycles. The van der Waals surface area contributed by atoms with Gasteiger partial charge < -0.3 is 14.0 Å². The van der Waals surface area contributed by atoms with Crippen molar-refractivity contribution in [3.8, 4) is 0 Å². The van der Waals surface area contributed by atoms with Crippen molar-refractivity contribution in [3.05, 3.63) is 24.3 Å². The highest BCUT2D eigenvalue weighted by atomic mass is 32.2. The Morgan fingerprint density at radius 3 is 2.00 bits per heavy atom. The topological polar surface area (TPSA) is 90.9 Å². The lowest BCUT2D eigenvalue weighted by Crippen LogP contribution is -2.41. The minimum Gasteiger partial charge on any atom is -0.459 e. The first-order chi connectivity index (χ1) is 12.1. The molecule has 0 bridgehead atoms. The molecule has 150 valence electrons. The van der Waals surface area contributed by atoms with E-state index in [1.54, 1.807) is 32.9 Å². The van der Waals surface area contributed by atoms with Gasteiger partial charge in [0.1, 0.15) is 12.1 Å². The summed E-state index contributed by atoms with van der Waals surface area (Å²) in [6.07, 6.45) is 0. The number of rotatable bonds is 5. The number of sulfonamides is 1. The molecule has 7 nitrogen and oxygen atoms in total. The van der Waals surface area contributed by atoms with Gasteiger partial charge in [0.15, 0.2) is 0 Å². The van der Waals surface area contributed by atoms with Crippen LogP contribution in [-0.4, -0.2) is 44.9 Å². The zero-order valence-corrected chi connectivity index (χ0v) is 17.8. The van der Waals surface area contributed by atoms with Crippen molar-refractivity contribution in [2.45, 2.75) is 70.2 Å². The summed E-state index contributed by atoms with van der Waals surface area (Å²) in [4.78, 5) is 11.8. The van der Waals surface area contributed by atoms with Crippen LogP contribution in [0.1, 0.15) is 48.5 Å². The average Bonchev–Trinajstić information content (AvgIpc) is 2.72. The lowest BCUT2D eigenvalue weighted by Gasteiger charge is -2.32. The van der Waals surface area contributed by atoms with Crippen LogP contribution in [0.5, 0.6) is 0 Å². The number of esters is 1. The van der Waals surface area contributed by atoms with E-state index in [2.05, 4.69) is 4.72 Å². The van der Waals surface area contributed by atoms with E-state index in [0.29, 0.717) is 0 Å². The van der Waals surface area contributed by atoms with Gasteiger partial charge in [-0.1, -0.05) is 12.1 Å². The van der Waals surface area contributed by atoms with E-state index in [1.807, 2.05) is 27.7 Å². The van der Waals surface area contributed by atoms with E-state index < -0.39 is 46.5 Å². The number of benzene rings is 1. The van der Waals surface area contributed by atoms with Crippen molar-refractivity contribution in [1.82, 2.24) is 4.72 Å². The predicted molar refractivity (Wildman–Crippen MR) is 103 cm³/mol. The lowest BCUT2D eigenvalue weighted by atomic mass is 9.79. The highest BCUT2D eigenvalue weighted by Gasteiger charge is 2.51. The second kappa shape index (κ2) is 7.20. The van der Waals surface area contributed by atoms with E-state index >= 15 is 0 Å². The number of carbonyl (C=O) groups excluding carboxylic acids is 1. The number of ether oxygens (including phenoxy) is 1. The Balaban J connectivity index is 2.05. The van der Waals surface area contributed by atoms with Crippen LogP contribution in [0.3, 0.4) is 0 Å². The molecule has 1 aromatic carbocycles. The molecular weight excluding hydrogens is 369 g/mol. The molecule has 1 heterocycles. The first-order valence-electron chi connectivity index (χ1n) is 8.80. The SMILES string of the molecule is CC(C)(C)OC(=O)CNS(=O)(=O)c1ccc(B2OC(C)(C)C(C)(C)O2)cc1. The summed E-state index contributed by atoms with van der Waals surface area (Å²) >= 11 is 0. The van der Waals surface area contributed by atoms with Crippen molar-refractivity contribution < 1.29 is 27.3 Å². The van der Waals surface area contributed by atoms with Crippen molar-refractivity contribution >= 4 is 28.6 Å². The molecule has 1 N–H and O–H groups in total. The molecule has 1 aliphatic rings. The van der Waals surface area contributed by atoms with Crippen LogP contribution in [0.2, 0.25) is 0 Å². The minimum absolute atomic E-state index is 0.0475. The lowest BCUT2D eigenvalue weighted by molar-refractivity contribution is -0.153. The summed E-state index contributed by atoms with van der Waals surface area (Å²) in [6.45, 7) is 12.5. The maximum Gasteiger partial charge on any atom is 0.494 e. The standard InChI is InChI=1S/C18H28BNO6S/c1-16(2,3)24-15(21)12-20-27(22,23)14-10-8-13(9-11-14)19-25-17(4,5)18(6,7)26-19/h8-11,20H,12H2,1-7H3. The third-order valence-corrected chi connectivity index (χ3v) is 5.96. The molecule has 0 amide bonds. The van der Waals surface area contributed by atoms with Gasteiger partial charge in [-0.3, -0.25) is 4.79 Å². The summed E-state index contributed by atoms with van der Waals surface area (Å²) in [7, 11) is -4.40. The molecule has 0 spiro atoms.